The van der Waals surface area contributed by atoms with Crippen LogP contribution < -0.4 is 0 Å². The largest absolute Gasteiger partial charge is 0.305 e. The highest BCUT2D eigenvalue weighted by Gasteiger charge is 2.22. The monoisotopic (exact) mass is 324 g/mol. The summed E-state index contributed by atoms with van der Waals surface area (Å²) in [7, 11) is 0. The van der Waals surface area contributed by atoms with Crippen LogP contribution in [0.5, 0.6) is 0 Å². The molecule has 5 heteroatoms. The summed E-state index contributed by atoms with van der Waals surface area (Å²) in [5.41, 5.74) is 1.18. The number of halogens is 3. The summed E-state index contributed by atoms with van der Waals surface area (Å²) in [6.07, 6.45) is 5.07. The van der Waals surface area contributed by atoms with Gasteiger partial charge in [-0.3, -0.25) is 0 Å². The smallest absolute Gasteiger partial charge is 0.184 e. The van der Waals surface area contributed by atoms with E-state index in [9.17, 15) is 4.39 Å². The number of hydrogen-bond donors (Lipinski definition) is 0. The van der Waals surface area contributed by atoms with E-state index in [4.69, 9.17) is 11.6 Å². The fraction of sp³-hybridized carbons (Fsp3) is 0.222. The first-order chi connectivity index (χ1) is 6.48. The maximum atomic E-state index is 13.6. The lowest BCUT2D eigenvalue weighted by Gasteiger charge is -2.13. The van der Waals surface area contributed by atoms with Crippen molar-refractivity contribution in [1.82, 2.24) is 9.38 Å². The van der Waals surface area contributed by atoms with Crippen LogP contribution in [0, 0.1) is 0 Å². The summed E-state index contributed by atoms with van der Waals surface area (Å²) in [6.45, 7) is 1.49. The summed E-state index contributed by atoms with van der Waals surface area (Å²) in [4.78, 5) is 4.05. The van der Waals surface area contributed by atoms with Gasteiger partial charge in [-0.25, -0.2) is 9.37 Å². The molecule has 0 bridgehead atoms. The van der Waals surface area contributed by atoms with E-state index in [1.807, 2.05) is 0 Å². The summed E-state index contributed by atoms with van der Waals surface area (Å²) in [5.74, 6) is 0. The van der Waals surface area contributed by atoms with Gasteiger partial charge in [-0.2, -0.15) is 0 Å². The second kappa shape index (κ2) is 3.34. The Morgan fingerprint density at radius 1 is 1.64 bits per heavy atom. The third-order valence-corrected chi connectivity index (χ3v) is 2.85. The molecule has 1 atom stereocenters. The second-order valence-electron chi connectivity index (χ2n) is 3.12. The highest BCUT2D eigenvalue weighted by molar-refractivity contribution is 14.1. The van der Waals surface area contributed by atoms with Gasteiger partial charge in [0.05, 0.1) is 5.02 Å². The van der Waals surface area contributed by atoms with Crippen LogP contribution in [0.4, 0.5) is 4.39 Å². The molecule has 2 heterocycles. The van der Waals surface area contributed by atoms with Crippen molar-refractivity contribution >= 4 is 39.8 Å². The average Bonchev–Trinajstić information content (AvgIpc) is 2.50. The van der Waals surface area contributed by atoms with Crippen LogP contribution in [0.2, 0.25) is 5.02 Å². The average molecular weight is 325 g/mol. The standard InChI is InChI=1S/C9H7ClFIN2/c1-9(11,12)6-4-7(10)8-13-2-3-14(8)5-6/h2-5H,1H3. The van der Waals surface area contributed by atoms with E-state index in [-0.39, 0.29) is 0 Å². The quantitative estimate of drug-likeness (QED) is 0.579. The predicted molar refractivity (Wildman–Crippen MR) is 62.7 cm³/mol. The molecule has 0 radical (unpaired) electrons. The molecule has 14 heavy (non-hydrogen) atoms. The van der Waals surface area contributed by atoms with Gasteiger partial charge in [0.15, 0.2) is 9.32 Å². The lowest BCUT2D eigenvalue weighted by molar-refractivity contribution is 0.348. The Labute approximate surface area is 99.2 Å². The topological polar surface area (TPSA) is 17.3 Å². The minimum absolute atomic E-state index is 0.466. The molecule has 0 aliphatic carbocycles. The maximum absolute atomic E-state index is 13.6. The zero-order valence-electron chi connectivity index (χ0n) is 7.34. The van der Waals surface area contributed by atoms with Crippen LogP contribution in [0.15, 0.2) is 24.7 Å². The van der Waals surface area contributed by atoms with Gasteiger partial charge in [0.2, 0.25) is 0 Å². The highest BCUT2D eigenvalue weighted by Crippen LogP contribution is 2.34. The first-order valence-electron chi connectivity index (χ1n) is 3.99. The van der Waals surface area contributed by atoms with Crippen LogP contribution in [0.1, 0.15) is 12.5 Å². The van der Waals surface area contributed by atoms with Gasteiger partial charge in [-0.15, -0.1) is 0 Å². The van der Waals surface area contributed by atoms with Crippen LogP contribution in [0.25, 0.3) is 5.65 Å². The number of alkyl halides is 2. The third-order valence-electron chi connectivity index (χ3n) is 1.95. The number of pyridine rings is 1. The Morgan fingerprint density at radius 2 is 2.36 bits per heavy atom. The summed E-state index contributed by atoms with van der Waals surface area (Å²) < 4.78 is 13.9. The van der Waals surface area contributed by atoms with E-state index in [2.05, 4.69) is 4.98 Å². The summed E-state index contributed by atoms with van der Waals surface area (Å²) >= 11 is 7.69. The van der Waals surface area contributed by atoms with Crippen LogP contribution in [0.3, 0.4) is 0 Å². The summed E-state index contributed by atoms with van der Waals surface area (Å²) in [6, 6.07) is 1.61. The molecule has 0 aromatic carbocycles. The predicted octanol–water partition coefficient (Wildman–Crippen LogP) is 3.56. The molecule has 0 spiro atoms. The molecule has 74 valence electrons. The minimum atomic E-state index is -1.42. The number of nitrogens with zero attached hydrogens (tertiary/aromatic N) is 2. The lowest BCUT2D eigenvalue weighted by Crippen LogP contribution is -2.05. The molecule has 1 unspecified atom stereocenters. The molecular weight excluding hydrogens is 317 g/mol. The molecule has 2 rings (SSSR count). The Kier molecular flexibility index (Phi) is 2.43. The SMILES string of the molecule is CC(F)(I)c1cc(Cl)c2nccn2c1. The zero-order chi connectivity index (χ0) is 10.3. The molecule has 0 amide bonds. The Hall–Kier alpha value is -0.360. The van der Waals surface area contributed by atoms with Crippen molar-refractivity contribution < 1.29 is 4.39 Å². The fourth-order valence-electron chi connectivity index (χ4n) is 1.23. The number of aromatic nitrogens is 2. The van der Waals surface area contributed by atoms with Gasteiger partial charge in [0.25, 0.3) is 0 Å². The third kappa shape index (κ3) is 1.72. The molecule has 0 fully saturated rings. The molecule has 2 aromatic heterocycles. The van der Waals surface area contributed by atoms with E-state index in [0.717, 1.165) is 0 Å². The molecule has 0 N–H and O–H groups in total. The first kappa shape index (κ1) is 10.2. The second-order valence-corrected chi connectivity index (χ2v) is 5.56. The number of rotatable bonds is 1. The fourth-order valence-corrected chi connectivity index (χ4v) is 1.79. The van der Waals surface area contributed by atoms with E-state index in [1.165, 1.54) is 6.92 Å². The zero-order valence-corrected chi connectivity index (χ0v) is 10.3. The van der Waals surface area contributed by atoms with Gasteiger partial charge in [-0.1, -0.05) is 11.6 Å². The molecule has 2 nitrogen and oxygen atoms in total. The van der Waals surface area contributed by atoms with Crippen molar-refractivity contribution in [3.63, 3.8) is 0 Å². The van der Waals surface area contributed by atoms with E-state index in [0.29, 0.717) is 16.2 Å². The van der Waals surface area contributed by atoms with Gasteiger partial charge in [0, 0.05) is 24.2 Å². The Balaban J connectivity index is 2.70. The van der Waals surface area contributed by atoms with E-state index in [1.54, 1.807) is 51.6 Å². The molecule has 0 aliphatic heterocycles. The number of fused-ring (bicyclic) bond motifs is 1. The molecule has 0 aliphatic rings. The van der Waals surface area contributed by atoms with E-state index >= 15 is 0 Å². The molecular formula is C9H7ClFIN2. The summed E-state index contributed by atoms with van der Waals surface area (Å²) in [5, 5.41) is 0.466. The van der Waals surface area contributed by atoms with Crippen LogP contribution in [-0.4, -0.2) is 9.38 Å². The van der Waals surface area contributed by atoms with Crippen molar-refractivity contribution in [1.29, 1.82) is 0 Å². The normalized spacial score (nSPS) is 15.7. The van der Waals surface area contributed by atoms with Crippen molar-refractivity contribution in [2.24, 2.45) is 0 Å². The van der Waals surface area contributed by atoms with E-state index < -0.39 is 3.68 Å². The lowest BCUT2D eigenvalue weighted by atomic mass is 10.2. The molecule has 0 saturated heterocycles. The number of imidazole rings is 1. The van der Waals surface area contributed by atoms with Crippen molar-refractivity contribution in [2.45, 2.75) is 10.6 Å². The first-order valence-corrected chi connectivity index (χ1v) is 5.44. The molecule has 0 saturated carbocycles. The van der Waals surface area contributed by atoms with Gasteiger partial charge >= 0.3 is 0 Å². The van der Waals surface area contributed by atoms with Gasteiger partial charge in [0.1, 0.15) is 0 Å². The molecule has 2 aromatic rings. The van der Waals surface area contributed by atoms with Crippen molar-refractivity contribution in [3.8, 4) is 0 Å². The highest BCUT2D eigenvalue weighted by atomic mass is 127. The van der Waals surface area contributed by atoms with Crippen molar-refractivity contribution in [3.05, 3.63) is 35.2 Å². The Bertz CT molecular complexity index is 475. The minimum Gasteiger partial charge on any atom is -0.305 e. The van der Waals surface area contributed by atoms with Crippen LogP contribution in [-0.2, 0) is 3.68 Å². The van der Waals surface area contributed by atoms with Gasteiger partial charge in [-0.05, 0) is 35.6 Å². The Morgan fingerprint density at radius 3 is 3.00 bits per heavy atom. The maximum Gasteiger partial charge on any atom is 0.184 e. The van der Waals surface area contributed by atoms with Gasteiger partial charge < -0.3 is 4.40 Å². The number of hydrogen-bond acceptors (Lipinski definition) is 1. The van der Waals surface area contributed by atoms with Crippen LogP contribution >= 0.6 is 34.2 Å². The van der Waals surface area contributed by atoms with Crippen molar-refractivity contribution in [2.75, 3.05) is 0 Å².